The molecule has 1 radical (unpaired) electrons. The number of carboxylic acid groups (broad SMARTS) is 3. The van der Waals surface area contributed by atoms with E-state index in [1.807, 2.05) is 0 Å². The van der Waals surface area contributed by atoms with E-state index in [9.17, 15) is 29.7 Å². The van der Waals surface area contributed by atoms with Crippen LogP contribution >= 0.6 is 0 Å². The van der Waals surface area contributed by atoms with E-state index in [4.69, 9.17) is 0 Å². The topological polar surface area (TPSA) is 120 Å². The molecule has 61 heavy (non-hydrogen) atoms. The maximum absolute atomic E-state index is 10.2. The van der Waals surface area contributed by atoms with Crippen molar-refractivity contribution in [2.75, 3.05) is 0 Å². The van der Waals surface area contributed by atoms with E-state index in [0.29, 0.717) is 0 Å². The molecule has 0 spiro atoms. The number of unbranched alkanes of at least 4 members (excludes halogenated alkanes) is 33. The van der Waals surface area contributed by atoms with Gasteiger partial charge in [0.2, 0.25) is 0 Å². The van der Waals surface area contributed by atoms with Crippen LogP contribution in [0.4, 0.5) is 0 Å². The number of carboxylic acids is 3. The molecule has 0 saturated carbocycles. The summed E-state index contributed by atoms with van der Waals surface area (Å²) in [7, 11) is 0. The minimum atomic E-state index is -0.914. The first-order valence-electron chi connectivity index (χ1n) is 25.9. The van der Waals surface area contributed by atoms with Gasteiger partial charge in [0, 0.05) is 17.9 Å². The molecule has 0 aromatic carbocycles. The smallest absolute Gasteiger partial charge is 0.550 e. The van der Waals surface area contributed by atoms with Crippen molar-refractivity contribution in [1.29, 1.82) is 0 Å². The van der Waals surface area contributed by atoms with Gasteiger partial charge >= 0.3 is 39.9 Å². The number of carbonyl (C=O) groups excluding carboxylic acids is 3. The predicted octanol–water partition coefficient (Wildman–Crippen LogP) is 14.3. The molecule has 7 heteroatoms. The Hall–Kier alpha value is -1.05. The first kappa shape index (κ1) is 66.6. The summed E-state index contributed by atoms with van der Waals surface area (Å²) in [6, 6.07) is 0. The van der Waals surface area contributed by atoms with Crippen molar-refractivity contribution in [3.05, 3.63) is 36.5 Å². The van der Waals surface area contributed by atoms with E-state index >= 15 is 0 Å². The minimum Gasteiger partial charge on any atom is -0.550 e. The normalized spacial score (nSPS) is 11.1. The largest absolute Gasteiger partial charge is 3.00 e. The Morgan fingerprint density at radius 3 is 0.574 bits per heavy atom. The summed E-state index contributed by atoms with van der Waals surface area (Å²) in [6.07, 6.45) is 62.7. The first-order chi connectivity index (χ1) is 29.3. The van der Waals surface area contributed by atoms with E-state index in [0.717, 1.165) is 57.8 Å². The van der Waals surface area contributed by atoms with E-state index in [1.54, 1.807) is 0 Å². The van der Waals surface area contributed by atoms with Crippen LogP contribution in [0.15, 0.2) is 36.5 Å². The van der Waals surface area contributed by atoms with Crippen molar-refractivity contribution >= 4 is 17.9 Å². The number of allylic oxidation sites excluding steroid dienone is 6. The van der Waals surface area contributed by atoms with Crippen LogP contribution in [0.25, 0.3) is 0 Å². The van der Waals surface area contributed by atoms with Gasteiger partial charge in [0.25, 0.3) is 0 Å². The molecule has 0 aliphatic rings. The van der Waals surface area contributed by atoms with Crippen LogP contribution in [0.3, 0.4) is 0 Å². The zero-order valence-corrected chi connectivity index (χ0v) is 42.7. The Balaban J connectivity index is -0.000000396. The third-order valence-electron chi connectivity index (χ3n) is 10.9. The molecule has 359 valence electrons. The van der Waals surface area contributed by atoms with Gasteiger partial charge in [-0.05, 0) is 116 Å². The molecule has 0 amide bonds. The fraction of sp³-hybridized carbons (Fsp3) is 0.833. The van der Waals surface area contributed by atoms with Gasteiger partial charge in [-0.25, -0.2) is 0 Å². The summed E-state index contributed by atoms with van der Waals surface area (Å²) in [4.78, 5) is 30.6. The van der Waals surface area contributed by atoms with Crippen molar-refractivity contribution in [1.82, 2.24) is 0 Å². The molecular weight excluding hydrogens is 902 g/mol. The second-order valence-corrected chi connectivity index (χ2v) is 17.1. The van der Waals surface area contributed by atoms with Crippen LogP contribution < -0.4 is 15.3 Å². The van der Waals surface area contributed by atoms with Gasteiger partial charge in [-0.1, -0.05) is 211 Å². The molecule has 0 N–H and O–H groups in total. The van der Waals surface area contributed by atoms with Gasteiger partial charge in [0.1, 0.15) is 0 Å². The number of rotatable bonds is 45. The quantitative estimate of drug-likeness (QED) is 0.0443. The van der Waals surface area contributed by atoms with Crippen molar-refractivity contribution in [3.63, 3.8) is 0 Å². The van der Waals surface area contributed by atoms with E-state index in [-0.39, 0.29) is 59.2 Å². The molecule has 6 nitrogen and oxygen atoms in total. The number of hydrogen-bond acceptors (Lipinski definition) is 6. The summed E-state index contributed by atoms with van der Waals surface area (Å²) < 4.78 is 0. The molecule has 0 saturated heterocycles. The maximum atomic E-state index is 10.2. The second-order valence-electron chi connectivity index (χ2n) is 17.1. The number of hydrogen-bond donors (Lipinski definition) is 0. The Bertz CT molecular complexity index is 827. The molecule has 0 aliphatic heterocycles. The van der Waals surface area contributed by atoms with Gasteiger partial charge in [-0.3, -0.25) is 0 Å². The minimum absolute atomic E-state index is 0. The standard InChI is InChI=1S/3C18H34O2.Gd/c3*1-2-3-4-5-6-7-8-9-10-11-12-13-14-15-16-17-18(19)20;/h3*9-10H,2-8,11-17H2,1H3,(H,19,20);/q;;;+3/p-3/b3*10-9-;. The summed E-state index contributed by atoms with van der Waals surface area (Å²) in [6.45, 7) is 6.77. The van der Waals surface area contributed by atoms with Crippen LogP contribution in [0.1, 0.15) is 290 Å². The predicted molar refractivity (Wildman–Crippen MR) is 253 cm³/mol. The molecule has 0 fully saturated rings. The molecule has 0 bridgehead atoms. The zero-order chi connectivity index (χ0) is 44.7. The van der Waals surface area contributed by atoms with Gasteiger partial charge in [-0.2, -0.15) is 0 Å². The summed E-state index contributed by atoms with van der Waals surface area (Å²) >= 11 is 0. The molecule has 0 aromatic heterocycles. The number of carbonyl (C=O) groups is 3. The van der Waals surface area contributed by atoms with E-state index in [2.05, 4.69) is 57.2 Å². The first-order valence-corrected chi connectivity index (χ1v) is 25.9. The van der Waals surface area contributed by atoms with Crippen LogP contribution in [0.5, 0.6) is 0 Å². The Morgan fingerprint density at radius 2 is 0.410 bits per heavy atom. The Kier molecular flexibility index (Phi) is 69.0. The molecule has 0 heterocycles. The van der Waals surface area contributed by atoms with E-state index < -0.39 is 17.9 Å². The van der Waals surface area contributed by atoms with Gasteiger partial charge in [0.05, 0.1) is 0 Å². The van der Waals surface area contributed by atoms with Crippen LogP contribution in [-0.4, -0.2) is 17.9 Å². The van der Waals surface area contributed by atoms with E-state index in [1.165, 1.54) is 193 Å². The van der Waals surface area contributed by atoms with Gasteiger partial charge in [0.15, 0.2) is 0 Å². The third kappa shape index (κ3) is 76.6. The van der Waals surface area contributed by atoms with Crippen molar-refractivity contribution in [2.45, 2.75) is 290 Å². The monoisotopic (exact) mass is 1000 g/mol. The van der Waals surface area contributed by atoms with Gasteiger partial charge < -0.3 is 29.7 Å². The second kappa shape index (κ2) is 63.2. The molecule has 0 rings (SSSR count). The van der Waals surface area contributed by atoms with Gasteiger partial charge in [-0.15, -0.1) is 0 Å². The molecule has 0 unspecified atom stereocenters. The summed E-state index contributed by atoms with van der Waals surface area (Å²) in [5, 5.41) is 30.6. The van der Waals surface area contributed by atoms with Crippen LogP contribution in [0.2, 0.25) is 0 Å². The molecule has 0 aromatic rings. The molecule has 0 aliphatic carbocycles. The summed E-state index contributed by atoms with van der Waals surface area (Å²) in [5.41, 5.74) is 0. The average Bonchev–Trinajstić information content (AvgIpc) is 3.22. The fourth-order valence-electron chi connectivity index (χ4n) is 7.02. The molecule has 0 atom stereocenters. The SMILES string of the molecule is CCCCCCCC/C=C\CCCCCCCC(=O)[O-].CCCCCCCC/C=C\CCCCCCCC(=O)[O-].CCCCCCCC/C=C\CCCCCCCC(=O)[O-].[Gd+3]. The third-order valence-corrected chi connectivity index (χ3v) is 10.9. The molecular formula is C54H99GdO6. The van der Waals surface area contributed by atoms with Crippen LogP contribution in [0, 0.1) is 39.9 Å². The maximum Gasteiger partial charge on any atom is 3.00 e. The average molecular weight is 1000 g/mol. The fourth-order valence-corrected chi connectivity index (χ4v) is 7.02. The van der Waals surface area contributed by atoms with Crippen molar-refractivity contribution < 1.29 is 69.6 Å². The van der Waals surface area contributed by atoms with Crippen molar-refractivity contribution in [3.8, 4) is 0 Å². The Labute approximate surface area is 411 Å². The van der Waals surface area contributed by atoms with Crippen molar-refractivity contribution in [2.24, 2.45) is 0 Å². The summed E-state index contributed by atoms with van der Waals surface area (Å²) in [5.74, 6) is -2.74. The number of aliphatic carboxylic acids is 3. The zero-order valence-electron chi connectivity index (χ0n) is 40.5. The van der Waals surface area contributed by atoms with Crippen LogP contribution in [-0.2, 0) is 14.4 Å². The Morgan fingerprint density at radius 1 is 0.262 bits per heavy atom.